The van der Waals surface area contributed by atoms with Crippen molar-refractivity contribution in [2.24, 2.45) is 11.1 Å². The lowest BCUT2D eigenvalue weighted by atomic mass is 9.92. The third-order valence-electron chi connectivity index (χ3n) is 3.77. The first-order valence-electron chi connectivity index (χ1n) is 6.58. The van der Waals surface area contributed by atoms with Gasteiger partial charge in [-0.1, -0.05) is 26.0 Å². The molecule has 98 valence electrons. The number of nitrogens with one attached hydrogen (secondary N) is 1. The van der Waals surface area contributed by atoms with Gasteiger partial charge >= 0.3 is 0 Å². The van der Waals surface area contributed by atoms with Gasteiger partial charge in [-0.05, 0) is 42.4 Å². The molecular formula is C15H22N2O. The molecule has 18 heavy (non-hydrogen) atoms. The van der Waals surface area contributed by atoms with Gasteiger partial charge in [0.25, 0.3) is 0 Å². The number of hydrogen-bond donors (Lipinski definition) is 2. The molecule has 3 heteroatoms. The maximum absolute atomic E-state index is 11.1. The summed E-state index contributed by atoms with van der Waals surface area (Å²) in [6.07, 6.45) is 3.75. The first-order chi connectivity index (χ1) is 8.46. The fourth-order valence-corrected chi connectivity index (χ4v) is 2.71. The fourth-order valence-electron chi connectivity index (χ4n) is 2.71. The summed E-state index contributed by atoms with van der Waals surface area (Å²) in [5, 5.41) is 3.57. The molecule has 1 unspecified atom stereocenters. The van der Waals surface area contributed by atoms with Crippen LogP contribution in [0.4, 0.5) is 0 Å². The number of carbonyl (C=O) groups excluding carboxylic acids is 1. The van der Waals surface area contributed by atoms with Gasteiger partial charge in [0.1, 0.15) is 0 Å². The number of rotatable bonds is 4. The highest BCUT2D eigenvalue weighted by Gasteiger charge is 2.30. The molecule has 0 radical (unpaired) electrons. The minimum Gasteiger partial charge on any atom is -0.366 e. The average molecular weight is 246 g/mol. The Labute approximate surface area is 109 Å². The molecule has 0 heterocycles. The third-order valence-corrected chi connectivity index (χ3v) is 3.77. The van der Waals surface area contributed by atoms with Crippen molar-refractivity contribution in [2.45, 2.75) is 45.7 Å². The number of primary amides is 1. The van der Waals surface area contributed by atoms with Crippen molar-refractivity contribution >= 4 is 5.91 Å². The van der Waals surface area contributed by atoms with Gasteiger partial charge in [-0.2, -0.15) is 0 Å². The fraction of sp³-hybridized carbons (Fsp3) is 0.533. The van der Waals surface area contributed by atoms with Crippen LogP contribution in [0.5, 0.6) is 0 Å². The summed E-state index contributed by atoms with van der Waals surface area (Å²) in [5.74, 6) is -0.362. The highest BCUT2D eigenvalue weighted by molar-refractivity contribution is 5.92. The molecule has 3 nitrogen and oxygen atoms in total. The second-order valence-corrected chi connectivity index (χ2v) is 6.05. The van der Waals surface area contributed by atoms with E-state index >= 15 is 0 Å². The van der Waals surface area contributed by atoms with Gasteiger partial charge in [0.2, 0.25) is 5.91 Å². The SMILES string of the molecule is CC1(C)CCC(NCc2cccc(C(N)=O)c2)C1. The van der Waals surface area contributed by atoms with Gasteiger partial charge in [-0.15, -0.1) is 0 Å². The summed E-state index contributed by atoms with van der Waals surface area (Å²) in [6.45, 7) is 5.45. The van der Waals surface area contributed by atoms with E-state index in [1.54, 1.807) is 6.07 Å². The van der Waals surface area contributed by atoms with E-state index < -0.39 is 0 Å². The molecule has 1 aliphatic carbocycles. The predicted octanol–water partition coefficient (Wildman–Crippen LogP) is 2.45. The van der Waals surface area contributed by atoms with Crippen LogP contribution in [0.25, 0.3) is 0 Å². The third kappa shape index (κ3) is 3.33. The van der Waals surface area contributed by atoms with Crippen molar-refractivity contribution in [3.05, 3.63) is 35.4 Å². The topological polar surface area (TPSA) is 55.1 Å². The number of hydrogen-bond acceptors (Lipinski definition) is 2. The Morgan fingerprint density at radius 2 is 2.28 bits per heavy atom. The highest BCUT2D eigenvalue weighted by atomic mass is 16.1. The molecule has 1 aliphatic rings. The normalized spacial score (nSPS) is 22.0. The van der Waals surface area contributed by atoms with Gasteiger partial charge in [0, 0.05) is 18.2 Å². The first-order valence-corrected chi connectivity index (χ1v) is 6.58. The Morgan fingerprint density at radius 1 is 1.50 bits per heavy atom. The van der Waals surface area contributed by atoms with E-state index in [4.69, 9.17) is 5.73 Å². The summed E-state index contributed by atoms with van der Waals surface area (Å²) < 4.78 is 0. The van der Waals surface area contributed by atoms with Crippen molar-refractivity contribution < 1.29 is 4.79 Å². The van der Waals surface area contributed by atoms with E-state index in [-0.39, 0.29) is 5.91 Å². The van der Waals surface area contributed by atoms with E-state index in [0.717, 1.165) is 12.1 Å². The number of nitrogens with two attached hydrogens (primary N) is 1. The monoisotopic (exact) mass is 246 g/mol. The van der Waals surface area contributed by atoms with E-state index in [1.165, 1.54) is 19.3 Å². The van der Waals surface area contributed by atoms with Crippen LogP contribution < -0.4 is 11.1 Å². The van der Waals surface area contributed by atoms with Gasteiger partial charge in [-0.25, -0.2) is 0 Å². The zero-order valence-electron chi connectivity index (χ0n) is 11.2. The zero-order chi connectivity index (χ0) is 13.2. The maximum atomic E-state index is 11.1. The molecule has 1 aromatic carbocycles. The lowest BCUT2D eigenvalue weighted by molar-refractivity contribution is 0.1000. The van der Waals surface area contributed by atoms with Crippen LogP contribution >= 0.6 is 0 Å². The number of benzene rings is 1. The Bertz CT molecular complexity index is 440. The minimum absolute atomic E-state index is 0.362. The summed E-state index contributed by atoms with van der Waals surface area (Å²) in [6, 6.07) is 8.13. The molecule has 1 fully saturated rings. The molecule has 1 aromatic rings. The molecule has 0 aliphatic heterocycles. The predicted molar refractivity (Wildman–Crippen MR) is 73.2 cm³/mol. The molecular weight excluding hydrogens is 224 g/mol. The highest BCUT2D eigenvalue weighted by Crippen LogP contribution is 2.36. The standard InChI is InChI=1S/C15H22N2O/c1-15(2)7-6-13(9-15)17-10-11-4-3-5-12(8-11)14(16)18/h3-5,8,13,17H,6-7,9-10H2,1-2H3,(H2,16,18). The quantitative estimate of drug-likeness (QED) is 0.857. The minimum atomic E-state index is -0.362. The summed E-state index contributed by atoms with van der Waals surface area (Å²) in [4.78, 5) is 11.1. The lowest BCUT2D eigenvalue weighted by Gasteiger charge is -2.18. The number of carbonyl (C=O) groups is 1. The molecule has 3 N–H and O–H groups in total. The molecule has 1 amide bonds. The van der Waals surface area contributed by atoms with Crippen molar-refractivity contribution in [1.29, 1.82) is 0 Å². The molecule has 1 saturated carbocycles. The molecule has 2 rings (SSSR count). The Kier molecular flexibility index (Phi) is 3.71. The second-order valence-electron chi connectivity index (χ2n) is 6.05. The van der Waals surface area contributed by atoms with Crippen molar-refractivity contribution in [3.8, 4) is 0 Å². The van der Waals surface area contributed by atoms with Gasteiger partial charge in [0.05, 0.1) is 0 Å². The summed E-state index contributed by atoms with van der Waals surface area (Å²) in [7, 11) is 0. The maximum Gasteiger partial charge on any atom is 0.248 e. The molecule has 0 saturated heterocycles. The zero-order valence-corrected chi connectivity index (χ0v) is 11.2. The van der Waals surface area contributed by atoms with Crippen molar-refractivity contribution in [3.63, 3.8) is 0 Å². The lowest BCUT2D eigenvalue weighted by Crippen LogP contribution is -2.27. The Morgan fingerprint density at radius 3 is 2.89 bits per heavy atom. The average Bonchev–Trinajstić information content (AvgIpc) is 2.67. The summed E-state index contributed by atoms with van der Waals surface area (Å²) in [5.41, 5.74) is 7.45. The van der Waals surface area contributed by atoms with E-state index in [2.05, 4.69) is 19.2 Å². The molecule has 1 atom stereocenters. The van der Waals surface area contributed by atoms with Gasteiger partial charge in [0.15, 0.2) is 0 Å². The van der Waals surface area contributed by atoms with Crippen LogP contribution in [0, 0.1) is 5.41 Å². The van der Waals surface area contributed by atoms with Crippen LogP contribution in [0.15, 0.2) is 24.3 Å². The second kappa shape index (κ2) is 5.11. The smallest absolute Gasteiger partial charge is 0.248 e. The van der Waals surface area contributed by atoms with Gasteiger partial charge < -0.3 is 11.1 Å². The number of amides is 1. The van der Waals surface area contributed by atoms with E-state index in [0.29, 0.717) is 17.0 Å². The van der Waals surface area contributed by atoms with E-state index in [1.807, 2.05) is 18.2 Å². The van der Waals surface area contributed by atoms with Crippen molar-refractivity contribution in [1.82, 2.24) is 5.32 Å². The van der Waals surface area contributed by atoms with Crippen LogP contribution in [-0.2, 0) is 6.54 Å². The molecule has 0 aromatic heterocycles. The molecule has 0 bridgehead atoms. The van der Waals surface area contributed by atoms with Crippen LogP contribution in [0.1, 0.15) is 49.0 Å². The van der Waals surface area contributed by atoms with Crippen LogP contribution in [0.3, 0.4) is 0 Å². The Balaban J connectivity index is 1.91. The Hall–Kier alpha value is -1.35. The summed E-state index contributed by atoms with van der Waals surface area (Å²) >= 11 is 0. The van der Waals surface area contributed by atoms with Gasteiger partial charge in [-0.3, -0.25) is 4.79 Å². The van der Waals surface area contributed by atoms with E-state index in [9.17, 15) is 4.79 Å². The van der Waals surface area contributed by atoms with Crippen molar-refractivity contribution in [2.75, 3.05) is 0 Å². The first kappa shape index (κ1) is 13.1. The molecule has 0 spiro atoms. The van der Waals surface area contributed by atoms with Crippen LogP contribution in [0.2, 0.25) is 0 Å². The largest absolute Gasteiger partial charge is 0.366 e. The van der Waals surface area contributed by atoms with Crippen LogP contribution in [-0.4, -0.2) is 11.9 Å².